The van der Waals surface area contributed by atoms with E-state index in [1.165, 1.54) is 0 Å². The maximum absolute atomic E-state index is 6.29. The van der Waals surface area contributed by atoms with Crippen LogP contribution in [-0.2, 0) is 0 Å². The summed E-state index contributed by atoms with van der Waals surface area (Å²) in [6, 6.07) is 9.71. The van der Waals surface area contributed by atoms with E-state index >= 15 is 0 Å². The van der Waals surface area contributed by atoms with Crippen molar-refractivity contribution in [1.29, 1.82) is 0 Å². The predicted octanol–water partition coefficient (Wildman–Crippen LogP) is 6.01. The zero-order chi connectivity index (χ0) is 20.1. The Morgan fingerprint density at radius 3 is 2.57 bits per heavy atom. The lowest BCUT2D eigenvalue weighted by Crippen LogP contribution is -2.36. The smallest absolute Gasteiger partial charge is 0.231 e. The van der Waals surface area contributed by atoms with Gasteiger partial charge in [0.1, 0.15) is 17.2 Å². The van der Waals surface area contributed by atoms with Gasteiger partial charge >= 0.3 is 0 Å². The van der Waals surface area contributed by atoms with Crippen molar-refractivity contribution in [3.63, 3.8) is 0 Å². The number of hydrogen-bond acceptors (Lipinski definition) is 4. The van der Waals surface area contributed by atoms with Crippen LogP contribution in [0.1, 0.15) is 41.0 Å². The molecule has 1 N–H and O–H groups in total. The van der Waals surface area contributed by atoms with Gasteiger partial charge in [0.05, 0.1) is 5.02 Å². The predicted molar refractivity (Wildman–Crippen MR) is 114 cm³/mol. The second-order valence-corrected chi connectivity index (χ2v) is 9.64. The molecule has 0 fully saturated rings. The van der Waals surface area contributed by atoms with Crippen LogP contribution >= 0.6 is 11.6 Å². The first-order valence-corrected chi connectivity index (χ1v) is 9.85. The van der Waals surface area contributed by atoms with Gasteiger partial charge < -0.3 is 14.8 Å². The van der Waals surface area contributed by atoms with Crippen LogP contribution in [-0.4, -0.2) is 21.7 Å². The molecule has 3 aromatic rings. The summed E-state index contributed by atoms with van der Waals surface area (Å²) in [6.45, 7) is 11.4. The second kappa shape index (κ2) is 6.59. The van der Waals surface area contributed by atoms with Gasteiger partial charge in [0.2, 0.25) is 6.79 Å². The third-order valence-electron chi connectivity index (χ3n) is 4.66. The maximum Gasteiger partial charge on any atom is 0.231 e. The van der Waals surface area contributed by atoms with E-state index in [1.54, 1.807) is 0 Å². The molecule has 0 radical (unpaired) electrons. The van der Waals surface area contributed by atoms with E-state index in [0.29, 0.717) is 5.02 Å². The van der Waals surface area contributed by atoms with E-state index in [4.69, 9.17) is 26.1 Å². The lowest BCUT2D eigenvalue weighted by molar-refractivity contribution is 0.174. The van der Waals surface area contributed by atoms with E-state index in [1.807, 2.05) is 40.9 Å². The van der Waals surface area contributed by atoms with Crippen molar-refractivity contribution >= 4 is 23.1 Å². The first kappa shape index (κ1) is 18.9. The highest BCUT2D eigenvalue weighted by Gasteiger charge is 2.28. The minimum atomic E-state index is -0.137. The molecule has 0 atom stereocenters. The summed E-state index contributed by atoms with van der Waals surface area (Å²) in [4.78, 5) is 4.88. The highest BCUT2D eigenvalue weighted by molar-refractivity contribution is 6.30. The summed E-state index contributed by atoms with van der Waals surface area (Å²) in [6.07, 6.45) is 2.89. The number of anilines is 1. The highest BCUT2D eigenvalue weighted by atomic mass is 35.5. The second-order valence-electron chi connectivity index (χ2n) is 9.20. The summed E-state index contributed by atoms with van der Waals surface area (Å²) >= 11 is 6.29. The molecule has 0 saturated heterocycles. The van der Waals surface area contributed by atoms with Crippen LogP contribution in [0.15, 0.2) is 36.5 Å². The molecule has 0 unspecified atom stereocenters. The fraction of sp³-hybridized carbons (Fsp3) is 0.409. The van der Waals surface area contributed by atoms with Crippen molar-refractivity contribution in [3.8, 4) is 22.8 Å². The monoisotopic (exact) mass is 399 g/mol. The Morgan fingerprint density at radius 2 is 1.82 bits per heavy atom. The summed E-state index contributed by atoms with van der Waals surface area (Å²) in [5, 5.41) is 4.40. The molecular weight excluding hydrogens is 374 g/mol. The molecule has 1 aromatic carbocycles. The molecule has 0 spiro atoms. The molecule has 0 amide bonds. The molecule has 0 saturated carbocycles. The Hall–Kier alpha value is -2.40. The number of fused-ring (bicyclic) bond motifs is 2. The van der Waals surface area contributed by atoms with Crippen molar-refractivity contribution in [2.75, 3.05) is 12.1 Å². The van der Waals surface area contributed by atoms with Crippen LogP contribution in [0.4, 0.5) is 5.82 Å². The van der Waals surface area contributed by atoms with E-state index in [-0.39, 0.29) is 17.7 Å². The number of nitrogens with one attached hydrogen (secondary N) is 1. The molecule has 28 heavy (non-hydrogen) atoms. The minimum absolute atomic E-state index is 0.137. The van der Waals surface area contributed by atoms with Gasteiger partial charge in [-0.05, 0) is 56.0 Å². The van der Waals surface area contributed by atoms with Crippen molar-refractivity contribution < 1.29 is 9.47 Å². The van der Waals surface area contributed by atoms with Crippen LogP contribution in [0.25, 0.3) is 16.9 Å². The Bertz CT molecular complexity index is 1030. The number of nitrogens with zero attached hydrogens (tertiary/aromatic N) is 2. The number of halogens is 1. The topological polar surface area (TPSA) is 47.8 Å². The van der Waals surface area contributed by atoms with Crippen molar-refractivity contribution in [1.82, 2.24) is 9.38 Å². The first-order valence-electron chi connectivity index (χ1n) is 9.47. The molecular formula is C22H26ClN3O2. The minimum Gasteiger partial charge on any atom is -0.454 e. The molecule has 148 valence electrons. The average molecular weight is 400 g/mol. The summed E-state index contributed by atoms with van der Waals surface area (Å²) in [5.74, 6) is 2.43. The molecule has 0 aliphatic carbocycles. The Labute approximate surface area is 170 Å². The first-order chi connectivity index (χ1) is 13.1. The fourth-order valence-electron chi connectivity index (χ4n) is 4.07. The third-order valence-corrected chi connectivity index (χ3v) is 4.88. The molecule has 1 aliphatic heterocycles. The van der Waals surface area contributed by atoms with E-state index in [0.717, 1.165) is 40.6 Å². The van der Waals surface area contributed by atoms with Crippen LogP contribution in [0.5, 0.6) is 11.5 Å². The zero-order valence-corrected chi connectivity index (χ0v) is 17.7. The number of aromatic nitrogens is 2. The van der Waals surface area contributed by atoms with Crippen LogP contribution in [0.3, 0.4) is 0 Å². The lowest BCUT2D eigenvalue weighted by Gasteiger charge is -2.34. The number of rotatable bonds is 4. The normalized spacial score (nSPS) is 13.9. The van der Waals surface area contributed by atoms with Crippen LogP contribution in [0.2, 0.25) is 5.02 Å². The molecule has 4 rings (SSSR count). The third kappa shape index (κ3) is 3.76. The molecule has 1 aliphatic rings. The van der Waals surface area contributed by atoms with Gasteiger partial charge in [0.25, 0.3) is 0 Å². The quantitative estimate of drug-likeness (QED) is 0.583. The SMILES string of the molecule is CC(C)(C)CC(C)(C)Nc1c(-c2ccc3c(c2)OCO3)nc2ccc(Cl)cn12. The van der Waals surface area contributed by atoms with Gasteiger partial charge in [0, 0.05) is 17.3 Å². The lowest BCUT2D eigenvalue weighted by atomic mass is 9.82. The fourth-order valence-corrected chi connectivity index (χ4v) is 4.23. The maximum atomic E-state index is 6.29. The number of ether oxygens (including phenoxy) is 2. The van der Waals surface area contributed by atoms with Gasteiger partial charge in [-0.2, -0.15) is 0 Å². The van der Waals surface area contributed by atoms with Gasteiger partial charge in [0.15, 0.2) is 11.5 Å². The molecule has 6 heteroatoms. The van der Waals surface area contributed by atoms with Gasteiger partial charge in [-0.25, -0.2) is 4.98 Å². The highest BCUT2D eigenvalue weighted by Crippen LogP contribution is 2.39. The largest absolute Gasteiger partial charge is 0.454 e. The average Bonchev–Trinajstić information content (AvgIpc) is 3.16. The van der Waals surface area contributed by atoms with Crippen LogP contribution in [0, 0.1) is 5.41 Å². The number of hydrogen-bond donors (Lipinski definition) is 1. The molecule has 3 heterocycles. The Kier molecular flexibility index (Phi) is 4.46. The van der Waals surface area contributed by atoms with Crippen molar-refractivity contribution in [2.24, 2.45) is 5.41 Å². The zero-order valence-electron chi connectivity index (χ0n) is 17.0. The van der Waals surface area contributed by atoms with E-state index in [9.17, 15) is 0 Å². The summed E-state index contributed by atoms with van der Waals surface area (Å²) in [5.41, 5.74) is 2.72. The summed E-state index contributed by atoms with van der Waals surface area (Å²) in [7, 11) is 0. The molecule has 2 aromatic heterocycles. The number of pyridine rings is 1. The molecule has 0 bridgehead atoms. The van der Waals surface area contributed by atoms with Gasteiger partial charge in [-0.15, -0.1) is 0 Å². The van der Waals surface area contributed by atoms with Gasteiger partial charge in [-0.1, -0.05) is 32.4 Å². The van der Waals surface area contributed by atoms with Crippen molar-refractivity contribution in [3.05, 3.63) is 41.6 Å². The van der Waals surface area contributed by atoms with Crippen molar-refractivity contribution in [2.45, 2.75) is 46.6 Å². The standard InChI is InChI=1S/C22H26ClN3O2/c1-21(2,3)12-22(4,5)25-20-19(24-18-9-7-15(23)11-26(18)20)14-6-8-16-17(10-14)28-13-27-16/h6-11,25H,12-13H2,1-5H3. The van der Waals surface area contributed by atoms with Gasteiger partial charge in [-0.3, -0.25) is 4.40 Å². The Balaban J connectivity index is 1.83. The van der Waals surface area contributed by atoms with E-state index in [2.05, 4.69) is 39.9 Å². The Morgan fingerprint density at radius 1 is 1.07 bits per heavy atom. The van der Waals surface area contributed by atoms with E-state index < -0.39 is 0 Å². The van der Waals surface area contributed by atoms with Crippen LogP contribution < -0.4 is 14.8 Å². The molecule has 5 nitrogen and oxygen atoms in total. The number of imidazole rings is 1. The number of benzene rings is 1. The summed E-state index contributed by atoms with van der Waals surface area (Å²) < 4.78 is 13.0.